The standard InChI is InChI=1S/C17H20N2O4/c1-5-6-7-8-16(20)19-13(11-18)12-9-14(21-2)17(23-4)15(10-12)22-3/h5-10,13H,1-4H3,(H,19,20)/b6-5+,8-7-/t13-/m1/s1. The molecule has 23 heavy (non-hydrogen) atoms. The van der Waals surface area contributed by atoms with Crippen molar-refractivity contribution in [3.63, 3.8) is 0 Å². The van der Waals surface area contributed by atoms with Gasteiger partial charge in [-0.15, -0.1) is 0 Å². The van der Waals surface area contributed by atoms with Crippen molar-refractivity contribution in [2.75, 3.05) is 21.3 Å². The van der Waals surface area contributed by atoms with E-state index in [4.69, 9.17) is 14.2 Å². The lowest BCUT2D eigenvalue weighted by Gasteiger charge is -2.16. The van der Waals surface area contributed by atoms with Gasteiger partial charge in [0.15, 0.2) is 11.5 Å². The molecule has 1 aromatic rings. The van der Waals surface area contributed by atoms with Gasteiger partial charge in [0.05, 0.1) is 27.4 Å². The summed E-state index contributed by atoms with van der Waals surface area (Å²) in [5.41, 5.74) is 0.537. The van der Waals surface area contributed by atoms with E-state index in [-0.39, 0.29) is 5.91 Å². The zero-order valence-electron chi connectivity index (χ0n) is 13.6. The zero-order valence-corrected chi connectivity index (χ0v) is 13.6. The van der Waals surface area contributed by atoms with Crippen molar-refractivity contribution < 1.29 is 19.0 Å². The monoisotopic (exact) mass is 316 g/mol. The minimum atomic E-state index is -0.841. The first kappa shape index (κ1) is 18.1. The van der Waals surface area contributed by atoms with Crippen LogP contribution in [-0.4, -0.2) is 27.2 Å². The molecule has 6 heteroatoms. The minimum absolute atomic E-state index is 0.372. The number of nitrogens with zero attached hydrogens (tertiary/aromatic N) is 1. The van der Waals surface area contributed by atoms with Gasteiger partial charge in [-0.25, -0.2) is 0 Å². The summed E-state index contributed by atoms with van der Waals surface area (Å²) in [4.78, 5) is 11.8. The van der Waals surface area contributed by atoms with Crippen molar-refractivity contribution >= 4 is 5.91 Å². The number of carbonyl (C=O) groups excluding carboxylic acids is 1. The Kier molecular flexibility index (Phi) is 7.21. The van der Waals surface area contributed by atoms with Crippen LogP contribution in [0.15, 0.2) is 36.4 Å². The lowest BCUT2D eigenvalue weighted by molar-refractivity contribution is -0.116. The Labute approximate surface area is 136 Å². The summed E-state index contributed by atoms with van der Waals surface area (Å²) in [5.74, 6) is 0.889. The van der Waals surface area contributed by atoms with Gasteiger partial charge >= 0.3 is 0 Å². The molecule has 0 aliphatic heterocycles. The first-order valence-electron chi connectivity index (χ1n) is 6.90. The van der Waals surface area contributed by atoms with E-state index in [1.807, 2.05) is 13.0 Å². The van der Waals surface area contributed by atoms with Crippen LogP contribution in [0.2, 0.25) is 0 Å². The van der Waals surface area contributed by atoms with E-state index in [1.165, 1.54) is 27.4 Å². The highest BCUT2D eigenvalue weighted by Gasteiger charge is 2.19. The van der Waals surface area contributed by atoms with Crippen molar-refractivity contribution in [3.05, 3.63) is 42.0 Å². The Morgan fingerprint density at radius 3 is 2.22 bits per heavy atom. The van der Waals surface area contributed by atoms with Crippen LogP contribution in [0.1, 0.15) is 18.5 Å². The molecule has 1 rings (SSSR count). The van der Waals surface area contributed by atoms with Crippen LogP contribution in [0.25, 0.3) is 0 Å². The molecule has 0 unspecified atom stereocenters. The van der Waals surface area contributed by atoms with Gasteiger partial charge < -0.3 is 19.5 Å². The lowest BCUT2D eigenvalue weighted by Crippen LogP contribution is -2.25. The van der Waals surface area contributed by atoms with Gasteiger partial charge in [0.2, 0.25) is 11.7 Å². The third kappa shape index (κ3) is 4.78. The average molecular weight is 316 g/mol. The predicted octanol–water partition coefficient (Wildman–Crippen LogP) is 2.53. The van der Waals surface area contributed by atoms with Crippen molar-refractivity contribution in [2.24, 2.45) is 0 Å². The summed E-state index contributed by atoms with van der Waals surface area (Å²) in [7, 11) is 4.47. The number of nitriles is 1. The SMILES string of the molecule is C/C=C/C=C\C(=O)N[C@H](C#N)c1cc(OC)c(OC)c(OC)c1. The second-order valence-electron chi connectivity index (χ2n) is 4.41. The third-order valence-electron chi connectivity index (χ3n) is 2.99. The van der Waals surface area contributed by atoms with Gasteiger partial charge in [-0.2, -0.15) is 5.26 Å². The maximum absolute atomic E-state index is 11.8. The number of hydrogen-bond acceptors (Lipinski definition) is 5. The molecule has 6 nitrogen and oxygen atoms in total. The van der Waals surface area contributed by atoms with E-state index in [9.17, 15) is 10.1 Å². The molecule has 0 fully saturated rings. The Balaban J connectivity index is 3.11. The minimum Gasteiger partial charge on any atom is -0.493 e. The number of nitrogens with one attached hydrogen (secondary N) is 1. The van der Waals surface area contributed by atoms with Crippen LogP contribution in [0.4, 0.5) is 0 Å². The van der Waals surface area contributed by atoms with Crippen LogP contribution in [0, 0.1) is 11.3 Å². The Hall–Kier alpha value is -2.94. The average Bonchev–Trinajstić information content (AvgIpc) is 2.58. The quantitative estimate of drug-likeness (QED) is 0.617. The second-order valence-corrected chi connectivity index (χ2v) is 4.41. The molecule has 1 aromatic carbocycles. The predicted molar refractivity (Wildman–Crippen MR) is 86.5 cm³/mol. The highest BCUT2D eigenvalue weighted by atomic mass is 16.5. The maximum atomic E-state index is 11.8. The van der Waals surface area contributed by atoms with E-state index in [2.05, 4.69) is 5.32 Å². The first-order valence-corrected chi connectivity index (χ1v) is 6.90. The van der Waals surface area contributed by atoms with Gasteiger partial charge in [-0.05, 0) is 24.6 Å². The molecular weight excluding hydrogens is 296 g/mol. The lowest BCUT2D eigenvalue weighted by atomic mass is 10.1. The molecule has 0 spiro atoms. The van der Waals surface area contributed by atoms with E-state index in [0.29, 0.717) is 22.8 Å². The number of carbonyl (C=O) groups is 1. The Bertz CT molecular complexity index is 619. The molecule has 0 heterocycles. The third-order valence-corrected chi connectivity index (χ3v) is 2.99. The number of benzene rings is 1. The summed E-state index contributed by atoms with van der Waals surface area (Å²) in [6, 6.07) is 4.46. The van der Waals surface area contributed by atoms with Crippen LogP contribution in [-0.2, 0) is 4.79 Å². The summed E-state index contributed by atoms with van der Waals surface area (Å²) < 4.78 is 15.7. The van der Waals surface area contributed by atoms with Gasteiger partial charge in [-0.3, -0.25) is 4.79 Å². The zero-order chi connectivity index (χ0) is 17.2. The van der Waals surface area contributed by atoms with E-state index < -0.39 is 6.04 Å². The largest absolute Gasteiger partial charge is 0.493 e. The smallest absolute Gasteiger partial charge is 0.245 e. The van der Waals surface area contributed by atoms with E-state index >= 15 is 0 Å². The normalized spacial score (nSPS) is 12.0. The summed E-state index contributed by atoms with van der Waals surface area (Å²) in [5, 5.41) is 11.9. The molecule has 0 saturated heterocycles. The van der Waals surface area contributed by atoms with Gasteiger partial charge in [0, 0.05) is 6.08 Å². The number of amides is 1. The van der Waals surface area contributed by atoms with E-state index in [0.717, 1.165) is 0 Å². The molecule has 122 valence electrons. The first-order chi connectivity index (χ1) is 11.1. The highest BCUT2D eigenvalue weighted by molar-refractivity contribution is 5.88. The van der Waals surface area contributed by atoms with Crippen LogP contribution in [0.5, 0.6) is 17.2 Å². The molecular formula is C17H20N2O4. The van der Waals surface area contributed by atoms with Gasteiger partial charge in [0.25, 0.3) is 0 Å². The highest BCUT2D eigenvalue weighted by Crippen LogP contribution is 2.39. The number of hydrogen-bond donors (Lipinski definition) is 1. The fourth-order valence-electron chi connectivity index (χ4n) is 1.90. The van der Waals surface area contributed by atoms with Crippen molar-refractivity contribution in [2.45, 2.75) is 13.0 Å². The topological polar surface area (TPSA) is 80.6 Å². The van der Waals surface area contributed by atoms with Crippen molar-refractivity contribution in [3.8, 4) is 23.3 Å². The fraction of sp³-hybridized carbons (Fsp3) is 0.294. The molecule has 0 saturated carbocycles. The molecule has 1 amide bonds. The number of ether oxygens (including phenoxy) is 3. The van der Waals surface area contributed by atoms with Crippen LogP contribution < -0.4 is 19.5 Å². The molecule has 0 bridgehead atoms. The van der Waals surface area contributed by atoms with Crippen LogP contribution in [0.3, 0.4) is 0 Å². The summed E-state index contributed by atoms with van der Waals surface area (Å²) in [6.07, 6.45) is 6.46. The maximum Gasteiger partial charge on any atom is 0.245 e. The van der Waals surface area contributed by atoms with Crippen LogP contribution >= 0.6 is 0 Å². The Morgan fingerprint density at radius 2 is 1.78 bits per heavy atom. The molecule has 0 aliphatic carbocycles. The fourth-order valence-corrected chi connectivity index (χ4v) is 1.90. The number of rotatable bonds is 7. The molecule has 1 atom stereocenters. The second kappa shape index (κ2) is 9.15. The summed E-state index contributed by atoms with van der Waals surface area (Å²) >= 11 is 0. The van der Waals surface area contributed by atoms with E-state index in [1.54, 1.807) is 30.4 Å². The molecule has 0 radical (unpaired) electrons. The summed E-state index contributed by atoms with van der Waals surface area (Å²) in [6.45, 7) is 1.84. The van der Waals surface area contributed by atoms with Crippen molar-refractivity contribution in [1.82, 2.24) is 5.32 Å². The number of allylic oxidation sites excluding steroid dienone is 3. The van der Waals surface area contributed by atoms with Crippen molar-refractivity contribution in [1.29, 1.82) is 5.26 Å². The van der Waals surface area contributed by atoms with Gasteiger partial charge in [-0.1, -0.05) is 18.2 Å². The molecule has 1 N–H and O–H groups in total. The molecule has 0 aromatic heterocycles. The molecule has 0 aliphatic rings. The van der Waals surface area contributed by atoms with Gasteiger partial charge in [0.1, 0.15) is 6.04 Å². The Morgan fingerprint density at radius 1 is 1.17 bits per heavy atom. The number of methoxy groups -OCH3 is 3.